The van der Waals surface area contributed by atoms with Crippen LogP contribution in [0.3, 0.4) is 0 Å². The summed E-state index contributed by atoms with van der Waals surface area (Å²) in [6.45, 7) is 3.83. The minimum absolute atomic E-state index is 0.0253. The molecule has 0 radical (unpaired) electrons. The van der Waals surface area contributed by atoms with Gasteiger partial charge in [0.15, 0.2) is 0 Å². The molecule has 12 heteroatoms. The topological polar surface area (TPSA) is 86.8 Å². The Bertz CT molecular complexity index is 1190. The summed E-state index contributed by atoms with van der Waals surface area (Å²) >= 11 is 6.06. The zero-order valence-electron chi connectivity index (χ0n) is 20.9. The van der Waals surface area contributed by atoms with Crippen LogP contribution >= 0.6 is 11.6 Å². The Labute approximate surface area is 220 Å². The van der Waals surface area contributed by atoms with Crippen molar-refractivity contribution in [1.29, 1.82) is 0 Å². The molecule has 0 spiro atoms. The summed E-state index contributed by atoms with van der Waals surface area (Å²) in [5.74, 6) is -0.740. The summed E-state index contributed by atoms with van der Waals surface area (Å²) in [4.78, 5) is 27.2. The lowest BCUT2D eigenvalue weighted by atomic mass is 10.1. The normalized spacial score (nSPS) is 12.6. The van der Waals surface area contributed by atoms with Crippen molar-refractivity contribution in [3.63, 3.8) is 0 Å². The van der Waals surface area contributed by atoms with Gasteiger partial charge in [-0.05, 0) is 55.7 Å². The molecular formula is C25H31ClF3N3O4S. The van der Waals surface area contributed by atoms with Gasteiger partial charge in [0.2, 0.25) is 21.8 Å². The van der Waals surface area contributed by atoms with Gasteiger partial charge in [0.1, 0.15) is 6.04 Å². The molecule has 204 valence electrons. The monoisotopic (exact) mass is 561 g/mol. The van der Waals surface area contributed by atoms with Gasteiger partial charge >= 0.3 is 6.18 Å². The predicted octanol–water partition coefficient (Wildman–Crippen LogP) is 4.85. The number of halogens is 4. The van der Waals surface area contributed by atoms with Crippen LogP contribution in [0.1, 0.15) is 44.2 Å². The van der Waals surface area contributed by atoms with Gasteiger partial charge in [0.05, 0.1) is 17.5 Å². The number of rotatable bonds is 12. The highest BCUT2D eigenvalue weighted by Crippen LogP contribution is 2.32. The smallest absolute Gasteiger partial charge is 0.354 e. The van der Waals surface area contributed by atoms with Crippen molar-refractivity contribution >= 4 is 39.1 Å². The predicted molar refractivity (Wildman–Crippen MR) is 138 cm³/mol. The van der Waals surface area contributed by atoms with Gasteiger partial charge in [-0.15, -0.1) is 0 Å². The zero-order valence-corrected chi connectivity index (χ0v) is 22.5. The molecule has 0 aliphatic rings. The van der Waals surface area contributed by atoms with Crippen LogP contribution in [0.2, 0.25) is 5.02 Å². The molecule has 2 aromatic rings. The molecule has 1 N–H and O–H groups in total. The van der Waals surface area contributed by atoms with E-state index in [2.05, 4.69) is 5.32 Å². The molecule has 0 fully saturated rings. The third-order valence-corrected chi connectivity index (χ3v) is 7.00. The van der Waals surface area contributed by atoms with E-state index in [0.29, 0.717) is 17.1 Å². The van der Waals surface area contributed by atoms with Gasteiger partial charge in [-0.25, -0.2) is 8.42 Å². The fourth-order valence-electron chi connectivity index (χ4n) is 3.65. The summed E-state index contributed by atoms with van der Waals surface area (Å²) in [7, 11) is -3.93. The number of hydrogen-bond acceptors (Lipinski definition) is 4. The molecule has 0 aliphatic heterocycles. The fraction of sp³-hybridized carbons (Fsp3) is 0.440. The van der Waals surface area contributed by atoms with Crippen molar-refractivity contribution < 1.29 is 31.2 Å². The molecule has 0 bridgehead atoms. The van der Waals surface area contributed by atoms with Crippen LogP contribution in [0.25, 0.3) is 0 Å². The third kappa shape index (κ3) is 9.23. The van der Waals surface area contributed by atoms with Gasteiger partial charge < -0.3 is 10.2 Å². The average molecular weight is 562 g/mol. The molecule has 37 heavy (non-hydrogen) atoms. The maximum Gasteiger partial charge on any atom is 0.416 e. The average Bonchev–Trinajstić information content (AvgIpc) is 2.82. The summed E-state index contributed by atoms with van der Waals surface area (Å²) in [5.41, 5.74) is -0.417. The Morgan fingerprint density at radius 2 is 1.78 bits per heavy atom. The number of benzene rings is 2. The Kier molecular flexibility index (Phi) is 10.8. The molecule has 0 aliphatic carbocycles. The molecule has 0 heterocycles. The molecule has 2 rings (SSSR count). The van der Waals surface area contributed by atoms with Crippen molar-refractivity contribution in [2.24, 2.45) is 0 Å². The number of anilines is 1. The van der Waals surface area contributed by atoms with E-state index in [0.717, 1.165) is 35.2 Å². The van der Waals surface area contributed by atoms with Crippen molar-refractivity contribution in [2.75, 3.05) is 23.7 Å². The van der Waals surface area contributed by atoms with E-state index in [4.69, 9.17) is 11.6 Å². The molecular weight excluding hydrogens is 531 g/mol. The van der Waals surface area contributed by atoms with E-state index in [9.17, 15) is 31.2 Å². The number of hydrogen-bond donors (Lipinski definition) is 1. The molecule has 0 unspecified atom stereocenters. The first kappa shape index (κ1) is 30.4. The lowest BCUT2D eigenvalue weighted by Gasteiger charge is -2.29. The Hall–Kier alpha value is -2.79. The SMILES string of the molecule is CCCNC(=O)[C@H](C)N(Cc1cccc(Cl)c1)C(=O)CCCN(c1cccc(C(F)(F)F)c1)S(C)(=O)=O. The van der Waals surface area contributed by atoms with Crippen LogP contribution in [-0.2, 0) is 32.3 Å². The standard InChI is InChI=1S/C25H31ClF3N3O4S/c1-4-13-30-24(34)18(2)31(17-19-8-5-10-21(26)15-19)23(33)12-7-14-32(37(3,35)36)22-11-6-9-20(16-22)25(27,28)29/h5-6,8-11,15-16,18H,4,7,12-14,17H2,1-3H3,(H,30,34)/t18-/m0/s1. The molecule has 0 saturated carbocycles. The minimum Gasteiger partial charge on any atom is -0.354 e. The molecule has 2 amide bonds. The van der Waals surface area contributed by atoms with Crippen LogP contribution in [0.5, 0.6) is 0 Å². The van der Waals surface area contributed by atoms with Crippen LogP contribution in [0, 0.1) is 0 Å². The Morgan fingerprint density at radius 1 is 1.11 bits per heavy atom. The molecule has 1 atom stereocenters. The minimum atomic E-state index is -4.63. The second-order valence-corrected chi connectivity index (χ2v) is 10.9. The van der Waals surface area contributed by atoms with Crippen molar-refractivity contribution in [1.82, 2.24) is 10.2 Å². The summed E-state index contributed by atoms with van der Waals surface area (Å²) in [6.07, 6.45) is -3.13. The maximum absolute atomic E-state index is 13.2. The number of carbonyl (C=O) groups is 2. The highest BCUT2D eigenvalue weighted by Gasteiger charge is 2.32. The number of carbonyl (C=O) groups excluding carboxylic acids is 2. The van der Waals surface area contributed by atoms with Crippen molar-refractivity contribution in [3.8, 4) is 0 Å². The van der Waals surface area contributed by atoms with E-state index >= 15 is 0 Å². The number of amides is 2. The Morgan fingerprint density at radius 3 is 2.38 bits per heavy atom. The second-order valence-electron chi connectivity index (χ2n) is 8.61. The van der Waals surface area contributed by atoms with Gasteiger partial charge in [-0.2, -0.15) is 13.2 Å². The number of nitrogens with one attached hydrogen (secondary N) is 1. The summed E-state index contributed by atoms with van der Waals surface area (Å²) in [6, 6.07) is 10.0. The fourth-order valence-corrected chi connectivity index (χ4v) is 4.82. The highest BCUT2D eigenvalue weighted by molar-refractivity contribution is 7.92. The van der Waals surface area contributed by atoms with Crippen LogP contribution in [0.4, 0.5) is 18.9 Å². The first-order valence-corrected chi connectivity index (χ1v) is 13.9. The van der Waals surface area contributed by atoms with Gasteiger partial charge in [0, 0.05) is 31.1 Å². The van der Waals surface area contributed by atoms with Gasteiger partial charge in [0.25, 0.3) is 0 Å². The second kappa shape index (κ2) is 13.1. The van der Waals surface area contributed by atoms with Crippen LogP contribution in [0.15, 0.2) is 48.5 Å². The summed E-state index contributed by atoms with van der Waals surface area (Å²) in [5, 5.41) is 3.23. The van der Waals surface area contributed by atoms with E-state index in [-0.39, 0.29) is 37.5 Å². The molecule has 2 aromatic carbocycles. The van der Waals surface area contributed by atoms with Crippen LogP contribution < -0.4 is 9.62 Å². The van der Waals surface area contributed by atoms with Gasteiger partial charge in [-0.3, -0.25) is 13.9 Å². The van der Waals surface area contributed by atoms with Crippen LogP contribution in [-0.4, -0.2) is 50.5 Å². The zero-order chi connectivity index (χ0) is 27.8. The maximum atomic E-state index is 13.2. The van der Waals surface area contributed by atoms with E-state index < -0.39 is 33.7 Å². The third-order valence-electron chi connectivity index (χ3n) is 5.57. The lowest BCUT2D eigenvalue weighted by Crippen LogP contribution is -2.47. The molecule has 0 saturated heterocycles. The molecule has 7 nitrogen and oxygen atoms in total. The Balaban J connectivity index is 2.20. The van der Waals surface area contributed by atoms with E-state index in [1.54, 1.807) is 31.2 Å². The van der Waals surface area contributed by atoms with E-state index in [1.807, 2.05) is 6.92 Å². The lowest BCUT2D eigenvalue weighted by molar-refractivity contribution is -0.140. The first-order valence-electron chi connectivity index (χ1n) is 11.7. The number of alkyl halides is 3. The first-order chi connectivity index (χ1) is 17.2. The quantitative estimate of drug-likeness (QED) is 0.401. The van der Waals surface area contributed by atoms with Gasteiger partial charge in [-0.1, -0.05) is 36.7 Å². The summed E-state index contributed by atoms with van der Waals surface area (Å²) < 4.78 is 65.0. The van der Waals surface area contributed by atoms with Crippen molar-refractivity contribution in [3.05, 3.63) is 64.7 Å². The number of nitrogens with zero attached hydrogens (tertiary/aromatic N) is 2. The highest BCUT2D eigenvalue weighted by atomic mass is 35.5. The van der Waals surface area contributed by atoms with E-state index in [1.165, 1.54) is 11.0 Å². The van der Waals surface area contributed by atoms with Crippen molar-refractivity contribution in [2.45, 2.75) is 51.9 Å². The molecule has 0 aromatic heterocycles. The number of sulfonamides is 1. The largest absolute Gasteiger partial charge is 0.416 e.